The average molecular weight is 486 g/mol. The van der Waals surface area contributed by atoms with Crippen LogP contribution < -0.4 is 10.1 Å². The molecule has 1 saturated carbocycles. The molecule has 2 N–H and O–H groups in total. The molecule has 2 aromatic carbocycles. The van der Waals surface area contributed by atoms with Gasteiger partial charge in [0.1, 0.15) is 5.75 Å². The average Bonchev–Trinajstić information content (AvgIpc) is 3.45. The van der Waals surface area contributed by atoms with Crippen LogP contribution in [0.2, 0.25) is 0 Å². The third-order valence-corrected chi connectivity index (χ3v) is 6.18. The Balaban J connectivity index is 1.40. The summed E-state index contributed by atoms with van der Waals surface area (Å²) in [6.07, 6.45) is 7.62. The molecule has 186 valence electrons. The second-order valence-corrected chi connectivity index (χ2v) is 9.31. The topological polar surface area (TPSA) is 94.2 Å². The standard InChI is InChI=1S/C28H31N5O3/c1-19(2)36-28(34)31-21-7-5-20(6-8-21)27-25(18-29)24-12-11-23(17-26(24)33(27)22-9-10-22)35-16-4-15-32-14-3-13-30-32/h3,5-8,11-14,17-19,22,29H,4,9-10,15-16H2,1-2H3,(H,31,34). The lowest BCUT2D eigenvalue weighted by Gasteiger charge is -2.13. The SMILES string of the molecule is CC(C)OC(=O)Nc1ccc(-c2c(C=N)c3ccc(OCCCn4cccn4)cc3n2C2CC2)cc1. The normalized spacial score (nSPS) is 13.2. The minimum atomic E-state index is -0.470. The number of amides is 1. The van der Waals surface area contributed by atoms with Gasteiger partial charge >= 0.3 is 6.09 Å². The van der Waals surface area contributed by atoms with Gasteiger partial charge in [0.05, 0.1) is 23.9 Å². The molecular formula is C28H31N5O3. The van der Waals surface area contributed by atoms with E-state index in [9.17, 15) is 4.79 Å². The maximum absolute atomic E-state index is 11.9. The molecule has 5 rings (SSSR count). The van der Waals surface area contributed by atoms with E-state index >= 15 is 0 Å². The number of fused-ring (bicyclic) bond motifs is 1. The van der Waals surface area contributed by atoms with Gasteiger partial charge < -0.3 is 19.5 Å². The second-order valence-electron chi connectivity index (χ2n) is 9.31. The van der Waals surface area contributed by atoms with Gasteiger partial charge in [-0.2, -0.15) is 5.10 Å². The fourth-order valence-corrected chi connectivity index (χ4v) is 4.48. The van der Waals surface area contributed by atoms with Crippen LogP contribution in [0.25, 0.3) is 22.2 Å². The van der Waals surface area contributed by atoms with Gasteiger partial charge in [-0.25, -0.2) is 4.79 Å². The van der Waals surface area contributed by atoms with Crippen LogP contribution in [-0.4, -0.2) is 39.4 Å². The lowest BCUT2D eigenvalue weighted by molar-refractivity contribution is 0.130. The molecule has 4 aromatic rings. The zero-order chi connectivity index (χ0) is 25.1. The second kappa shape index (κ2) is 10.3. The van der Waals surface area contributed by atoms with Crippen molar-refractivity contribution >= 4 is 28.9 Å². The molecule has 1 amide bonds. The Hall–Kier alpha value is -4.07. The number of ether oxygens (including phenoxy) is 2. The highest BCUT2D eigenvalue weighted by Gasteiger charge is 2.30. The first-order valence-corrected chi connectivity index (χ1v) is 12.4. The monoisotopic (exact) mass is 485 g/mol. The molecule has 0 aliphatic heterocycles. The summed E-state index contributed by atoms with van der Waals surface area (Å²) in [7, 11) is 0. The third-order valence-electron chi connectivity index (χ3n) is 6.18. The summed E-state index contributed by atoms with van der Waals surface area (Å²) in [4.78, 5) is 11.9. The molecule has 0 radical (unpaired) electrons. The predicted molar refractivity (Wildman–Crippen MR) is 141 cm³/mol. The summed E-state index contributed by atoms with van der Waals surface area (Å²) in [5.41, 5.74) is 4.66. The van der Waals surface area contributed by atoms with Gasteiger partial charge in [0.15, 0.2) is 0 Å². The lowest BCUT2D eigenvalue weighted by atomic mass is 10.1. The van der Waals surface area contributed by atoms with Crippen LogP contribution in [0.5, 0.6) is 5.75 Å². The summed E-state index contributed by atoms with van der Waals surface area (Å²) >= 11 is 0. The molecule has 0 unspecified atom stereocenters. The van der Waals surface area contributed by atoms with Gasteiger partial charge in [-0.3, -0.25) is 10.00 Å². The summed E-state index contributed by atoms with van der Waals surface area (Å²) in [5, 5.41) is 16.2. The lowest BCUT2D eigenvalue weighted by Crippen LogP contribution is -2.17. The summed E-state index contributed by atoms with van der Waals surface area (Å²) in [6, 6.07) is 16.2. The van der Waals surface area contributed by atoms with Crippen molar-refractivity contribution < 1.29 is 14.3 Å². The Kier molecular flexibility index (Phi) is 6.75. The van der Waals surface area contributed by atoms with E-state index in [0.29, 0.717) is 18.3 Å². The number of nitrogens with zero attached hydrogens (tertiary/aromatic N) is 3. The van der Waals surface area contributed by atoms with Gasteiger partial charge in [0.25, 0.3) is 0 Å². The quantitative estimate of drug-likeness (QED) is 0.205. The third kappa shape index (κ3) is 5.12. The fraction of sp³-hybridized carbons (Fsp3) is 0.321. The van der Waals surface area contributed by atoms with Crippen molar-refractivity contribution in [3.05, 3.63) is 66.5 Å². The van der Waals surface area contributed by atoms with Crippen LogP contribution in [0.3, 0.4) is 0 Å². The number of carbonyl (C=O) groups is 1. The van der Waals surface area contributed by atoms with Crippen LogP contribution in [0.15, 0.2) is 60.9 Å². The van der Waals surface area contributed by atoms with Crippen molar-refractivity contribution in [2.24, 2.45) is 0 Å². The number of hydrogen-bond acceptors (Lipinski definition) is 5. The molecule has 2 aromatic heterocycles. The van der Waals surface area contributed by atoms with Crippen LogP contribution in [0.1, 0.15) is 44.7 Å². The molecule has 2 heterocycles. The maximum Gasteiger partial charge on any atom is 0.411 e. The highest BCUT2D eigenvalue weighted by atomic mass is 16.6. The zero-order valence-electron chi connectivity index (χ0n) is 20.6. The van der Waals surface area contributed by atoms with Gasteiger partial charge in [0, 0.05) is 60.3 Å². The van der Waals surface area contributed by atoms with Gasteiger partial charge in [-0.1, -0.05) is 12.1 Å². The summed E-state index contributed by atoms with van der Waals surface area (Å²) < 4.78 is 15.5. The highest BCUT2D eigenvalue weighted by Crippen LogP contribution is 2.45. The number of hydrogen-bond donors (Lipinski definition) is 2. The van der Waals surface area contributed by atoms with Crippen molar-refractivity contribution in [2.45, 2.75) is 51.8 Å². The predicted octanol–water partition coefficient (Wildman–Crippen LogP) is 6.26. The van der Waals surface area contributed by atoms with Gasteiger partial charge in [0.2, 0.25) is 0 Å². The van der Waals surface area contributed by atoms with E-state index in [-0.39, 0.29) is 6.10 Å². The van der Waals surface area contributed by atoms with E-state index in [1.165, 1.54) is 6.21 Å². The first-order valence-electron chi connectivity index (χ1n) is 12.4. The zero-order valence-corrected chi connectivity index (χ0v) is 20.6. The molecule has 8 heteroatoms. The molecule has 0 spiro atoms. The Morgan fingerprint density at radius 1 is 1.22 bits per heavy atom. The molecule has 0 atom stereocenters. The molecule has 36 heavy (non-hydrogen) atoms. The number of aryl methyl sites for hydroxylation is 1. The molecular weight excluding hydrogens is 454 g/mol. The Morgan fingerprint density at radius 3 is 2.69 bits per heavy atom. The Bertz CT molecular complexity index is 1350. The van der Waals surface area contributed by atoms with Crippen molar-refractivity contribution in [2.75, 3.05) is 11.9 Å². The van der Waals surface area contributed by atoms with E-state index in [4.69, 9.17) is 14.9 Å². The fourth-order valence-electron chi connectivity index (χ4n) is 4.48. The molecule has 1 fully saturated rings. The number of aromatic nitrogens is 3. The highest BCUT2D eigenvalue weighted by molar-refractivity contribution is 6.06. The molecule has 1 aliphatic carbocycles. The number of rotatable bonds is 10. The van der Waals surface area contributed by atoms with Crippen LogP contribution in [0, 0.1) is 5.41 Å². The summed E-state index contributed by atoms with van der Waals surface area (Å²) in [5.74, 6) is 0.827. The van der Waals surface area contributed by atoms with Crippen molar-refractivity contribution in [3.8, 4) is 17.0 Å². The first kappa shape index (κ1) is 23.7. The minimum Gasteiger partial charge on any atom is -0.493 e. The van der Waals surface area contributed by atoms with Crippen LogP contribution in [0.4, 0.5) is 10.5 Å². The summed E-state index contributed by atoms with van der Waals surface area (Å²) in [6.45, 7) is 5.05. The van der Waals surface area contributed by atoms with E-state index in [2.05, 4.69) is 27.1 Å². The van der Waals surface area contributed by atoms with E-state index < -0.39 is 6.09 Å². The molecule has 0 saturated heterocycles. The smallest absolute Gasteiger partial charge is 0.411 e. The molecule has 1 aliphatic rings. The van der Waals surface area contributed by atoms with Crippen molar-refractivity contribution in [1.29, 1.82) is 5.41 Å². The number of benzene rings is 2. The molecule has 0 bridgehead atoms. The number of anilines is 1. The van der Waals surface area contributed by atoms with Crippen molar-refractivity contribution in [3.63, 3.8) is 0 Å². The van der Waals surface area contributed by atoms with E-state index in [1.54, 1.807) is 6.20 Å². The minimum absolute atomic E-state index is 0.182. The van der Waals surface area contributed by atoms with Gasteiger partial charge in [-0.15, -0.1) is 0 Å². The maximum atomic E-state index is 11.9. The first-order chi connectivity index (χ1) is 17.5. The number of nitrogens with one attached hydrogen (secondary N) is 2. The van der Waals surface area contributed by atoms with Gasteiger partial charge in [-0.05, 0) is 62.6 Å². The van der Waals surface area contributed by atoms with E-state index in [0.717, 1.165) is 59.3 Å². The van der Waals surface area contributed by atoms with E-state index in [1.807, 2.05) is 61.1 Å². The van der Waals surface area contributed by atoms with Crippen molar-refractivity contribution in [1.82, 2.24) is 14.3 Å². The Morgan fingerprint density at radius 2 is 2.03 bits per heavy atom. The number of carbonyl (C=O) groups excluding carboxylic acids is 1. The van der Waals surface area contributed by atoms with Crippen LogP contribution >= 0.6 is 0 Å². The molecule has 8 nitrogen and oxygen atoms in total. The largest absolute Gasteiger partial charge is 0.493 e. The Labute approximate surface area is 210 Å². The van der Waals surface area contributed by atoms with Crippen LogP contribution in [-0.2, 0) is 11.3 Å².